The van der Waals surface area contributed by atoms with Gasteiger partial charge in [0.15, 0.2) is 0 Å². The molecule has 4 aromatic rings. The van der Waals surface area contributed by atoms with E-state index in [1.807, 2.05) is 55.5 Å². The Balaban J connectivity index is 1.46. The zero-order chi connectivity index (χ0) is 23.2. The van der Waals surface area contributed by atoms with Crippen LogP contribution in [0.15, 0.2) is 89.7 Å². The summed E-state index contributed by atoms with van der Waals surface area (Å²) in [6, 6.07) is 24.6. The molecule has 0 unspecified atom stereocenters. The number of aromatic nitrogens is 2. The monoisotopic (exact) mass is 441 g/mol. The van der Waals surface area contributed by atoms with Crippen molar-refractivity contribution in [3.63, 3.8) is 0 Å². The zero-order valence-corrected chi connectivity index (χ0v) is 18.3. The first-order valence-electron chi connectivity index (χ1n) is 10.4. The summed E-state index contributed by atoms with van der Waals surface area (Å²) >= 11 is 0. The molecule has 1 aromatic heterocycles. The fourth-order valence-corrected chi connectivity index (χ4v) is 3.13. The van der Waals surface area contributed by atoms with Crippen molar-refractivity contribution < 1.29 is 14.3 Å². The normalized spacial score (nSPS) is 10.5. The van der Waals surface area contributed by atoms with Crippen LogP contribution in [-0.4, -0.2) is 22.8 Å². The molecule has 0 radical (unpaired) electrons. The van der Waals surface area contributed by atoms with E-state index in [2.05, 4.69) is 10.4 Å². The highest BCUT2D eigenvalue weighted by Gasteiger charge is 2.09. The molecule has 0 saturated carbocycles. The molecule has 0 spiro atoms. The van der Waals surface area contributed by atoms with Crippen molar-refractivity contribution in [1.29, 1.82) is 0 Å². The van der Waals surface area contributed by atoms with Gasteiger partial charge in [0, 0.05) is 23.4 Å². The third kappa shape index (κ3) is 5.46. The molecule has 0 aliphatic rings. The Morgan fingerprint density at radius 3 is 2.27 bits per heavy atom. The highest BCUT2D eigenvalue weighted by Crippen LogP contribution is 2.15. The lowest BCUT2D eigenvalue weighted by molar-refractivity contribution is 0.102. The Morgan fingerprint density at radius 1 is 0.909 bits per heavy atom. The van der Waals surface area contributed by atoms with Crippen LogP contribution in [-0.2, 0) is 6.61 Å². The molecule has 1 amide bonds. The van der Waals surface area contributed by atoms with Gasteiger partial charge in [-0.15, -0.1) is 5.10 Å². The third-order valence-electron chi connectivity index (χ3n) is 5.01. The summed E-state index contributed by atoms with van der Waals surface area (Å²) in [5, 5.41) is 7.15. The minimum Gasteiger partial charge on any atom is -0.497 e. The van der Waals surface area contributed by atoms with Gasteiger partial charge in [0.25, 0.3) is 11.5 Å². The van der Waals surface area contributed by atoms with Gasteiger partial charge in [-0.25, -0.2) is 0 Å². The molecular formula is C26H23N3O4. The number of anilines is 1. The molecule has 0 atom stereocenters. The van der Waals surface area contributed by atoms with Gasteiger partial charge in [0.2, 0.25) is 5.88 Å². The first kappa shape index (κ1) is 21.8. The number of nitrogens with zero attached hydrogens (tertiary/aromatic N) is 2. The molecular weight excluding hydrogens is 418 g/mol. The smallest absolute Gasteiger partial charge is 0.271 e. The fourth-order valence-electron chi connectivity index (χ4n) is 3.13. The van der Waals surface area contributed by atoms with Gasteiger partial charge in [-0.1, -0.05) is 29.8 Å². The Labute approximate surface area is 191 Å². The number of ether oxygens (including phenoxy) is 2. The van der Waals surface area contributed by atoms with E-state index in [1.54, 1.807) is 31.4 Å². The van der Waals surface area contributed by atoms with Crippen LogP contribution in [0, 0.1) is 6.92 Å². The first-order valence-corrected chi connectivity index (χ1v) is 10.4. The maximum absolute atomic E-state index is 12.5. The Kier molecular flexibility index (Phi) is 6.50. The molecule has 0 fully saturated rings. The highest BCUT2D eigenvalue weighted by molar-refractivity contribution is 6.04. The average Bonchev–Trinajstić information content (AvgIpc) is 2.85. The van der Waals surface area contributed by atoms with E-state index in [0.29, 0.717) is 29.4 Å². The van der Waals surface area contributed by atoms with E-state index in [9.17, 15) is 9.59 Å². The summed E-state index contributed by atoms with van der Waals surface area (Å²) in [5.74, 6) is 0.843. The molecule has 33 heavy (non-hydrogen) atoms. The number of methoxy groups -OCH3 is 1. The highest BCUT2D eigenvalue weighted by atomic mass is 16.5. The van der Waals surface area contributed by atoms with Gasteiger partial charge in [-0.2, -0.15) is 4.68 Å². The molecule has 4 rings (SSSR count). The second-order valence-corrected chi connectivity index (χ2v) is 7.43. The van der Waals surface area contributed by atoms with Crippen LogP contribution < -0.4 is 20.3 Å². The summed E-state index contributed by atoms with van der Waals surface area (Å²) in [6.45, 7) is 2.28. The predicted octanol–water partition coefficient (Wildman–Crippen LogP) is 4.38. The van der Waals surface area contributed by atoms with E-state index in [4.69, 9.17) is 9.47 Å². The number of benzene rings is 3. The molecule has 1 N–H and O–H groups in total. The molecule has 0 bridgehead atoms. The van der Waals surface area contributed by atoms with Gasteiger partial charge < -0.3 is 14.8 Å². The predicted molar refractivity (Wildman–Crippen MR) is 126 cm³/mol. The number of aryl methyl sites for hydroxylation is 1. The number of hydrogen-bond donors (Lipinski definition) is 1. The summed E-state index contributed by atoms with van der Waals surface area (Å²) in [7, 11) is 1.61. The van der Waals surface area contributed by atoms with Gasteiger partial charge in [0.05, 0.1) is 12.8 Å². The van der Waals surface area contributed by atoms with Crippen LogP contribution in [0.4, 0.5) is 5.69 Å². The summed E-state index contributed by atoms with van der Waals surface area (Å²) in [5.41, 5.74) is 3.48. The standard InChI is InChI=1S/C26H23N3O4/c1-18-3-9-21(10-4-18)27-26(31)20-7-11-22(12-8-20)29-25(30)16-15-24(28-29)33-17-19-5-13-23(32-2)14-6-19/h3-16H,17H2,1-2H3,(H,27,31). The Morgan fingerprint density at radius 2 is 1.61 bits per heavy atom. The minimum atomic E-state index is -0.302. The zero-order valence-electron chi connectivity index (χ0n) is 18.3. The maximum atomic E-state index is 12.5. The van der Waals surface area contributed by atoms with Gasteiger partial charge in [-0.05, 0) is 61.0 Å². The molecule has 0 saturated heterocycles. The van der Waals surface area contributed by atoms with Crippen molar-refractivity contribution in [1.82, 2.24) is 9.78 Å². The van der Waals surface area contributed by atoms with E-state index in [0.717, 1.165) is 16.9 Å². The van der Waals surface area contributed by atoms with Gasteiger partial charge in [0.1, 0.15) is 12.4 Å². The van der Waals surface area contributed by atoms with Crippen LogP contribution in [0.25, 0.3) is 5.69 Å². The van der Waals surface area contributed by atoms with Gasteiger partial charge >= 0.3 is 0 Å². The number of amides is 1. The van der Waals surface area contributed by atoms with E-state index < -0.39 is 0 Å². The van der Waals surface area contributed by atoms with E-state index in [1.165, 1.54) is 16.8 Å². The van der Waals surface area contributed by atoms with Crippen LogP contribution in [0.3, 0.4) is 0 Å². The first-order chi connectivity index (χ1) is 16.0. The SMILES string of the molecule is COc1ccc(COc2ccc(=O)n(-c3ccc(C(=O)Nc4ccc(C)cc4)cc3)n2)cc1. The Bertz CT molecular complexity index is 1300. The van der Waals surface area contributed by atoms with Crippen LogP contribution in [0.5, 0.6) is 11.6 Å². The van der Waals surface area contributed by atoms with Crippen molar-refractivity contribution in [3.05, 3.63) is 112 Å². The van der Waals surface area contributed by atoms with Crippen molar-refractivity contribution in [3.8, 4) is 17.3 Å². The van der Waals surface area contributed by atoms with Gasteiger partial charge in [-0.3, -0.25) is 9.59 Å². The lowest BCUT2D eigenvalue weighted by atomic mass is 10.1. The molecule has 7 heteroatoms. The van der Waals surface area contributed by atoms with E-state index >= 15 is 0 Å². The van der Waals surface area contributed by atoms with Crippen molar-refractivity contribution in [2.24, 2.45) is 0 Å². The number of carbonyl (C=O) groups is 1. The quantitative estimate of drug-likeness (QED) is 0.460. The number of rotatable bonds is 7. The Hall–Kier alpha value is -4.39. The summed E-state index contributed by atoms with van der Waals surface area (Å²) in [6.07, 6.45) is 0. The molecule has 0 aliphatic carbocycles. The molecule has 3 aromatic carbocycles. The van der Waals surface area contributed by atoms with E-state index in [-0.39, 0.29) is 11.5 Å². The maximum Gasteiger partial charge on any atom is 0.271 e. The lowest BCUT2D eigenvalue weighted by Gasteiger charge is -2.10. The third-order valence-corrected chi connectivity index (χ3v) is 5.01. The summed E-state index contributed by atoms with van der Waals surface area (Å²) < 4.78 is 12.1. The molecule has 7 nitrogen and oxygen atoms in total. The molecule has 1 heterocycles. The second-order valence-electron chi connectivity index (χ2n) is 7.43. The topological polar surface area (TPSA) is 82.5 Å². The van der Waals surface area contributed by atoms with Crippen molar-refractivity contribution >= 4 is 11.6 Å². The van der Waals surface area contributed by atoms with Crippen LogP contribution in [0.2, 0.25) is 0 Å². The van der Waals surface area contributed by atoms with Crippen molar-refractivity contribution in [2.45, 2.75) is 13.5 Å². The van der Waals surface area contributed by atoms with Crippen LogP contribution in [0.1, 0.15) is 21.5 Å². The molecule has 0 aliphatic heterocycles. The van der Waals surface area contributed by atoms with Crippen molar-refractivity contribution in [2.75, 3.05) is 12.4 Å². The van der Waals surface area contributed by atoms with Crippen LogP contribution >= 0.6 is 0 Å². The number of nitrogens with one attached hydrogen (secondary N) is 1. The fraction of sp³-hybridized carbons (Fsp3) is 0.115. The second kappa shape index (κ2) is 9.82. The number of carbonyl (C=O) groups excluding carboxylic acids is 1. The summed E-state index contributed by atoms with van der Waals surface area (Å²) in [4.78, 5) is 24.9. The largest absolute Gasteiger partial charge is 0.497 e. The number of hydrogen-bond acceptors (Lipinski definition) is 5. The minimum absolute atomic E-state index is 0.234. The average molecular weight is 441 g/mol. The lowest BCUT2D eigenvalue weighted by Crippen LogP contribution is -2.20. The molecule has 166 valence electrons.